The van der Waals surface area contributed by atoms with E-state index in [0.717, 1.165) is 31.8 Å². The number of hydroxylamine groups is 1. The summed E-state index contributed by atoms with van der Waals surface area (Å²) < 4.78 is 0. The molecule has 1 heterocycles. The van der Waals surface area contributed by atoms with Crippen molar-refractivity contribution in [2.45, 2.75) is 25.7 Å². The Morgan fingerprint density at radius 3 is 2.93 bits per heavy atom. The van der Waals surface area contributed by atoms with Gasteiger partial charge in [-0.15, -0.1) is 0 Å². The SMILES string of the molecule is O=C(/C=C/C1C=CC(CN(CCc2c[nH]c3ccccc23)CC2CC2)=CC1)NO. The van der Waals surface area contributed by atoms with Gasteiger partial charge in [-0.05, 0) is 54.7 Å². The molecule has 0 radical (unpaired) electrons. The number of carbonyl (C=O) groups is 1. The van der Waals surface area contributed by atoms with Crippen LogP contribution in [-0.2, 0) is 11.2 Å². The highest BCUT2D eigenvalue weighted by Gasteiger charge is 2.24. The summed E-state index contributed by atoms with van der Waals surface area (Å²) in [6, 6.07) is 8.51. The summed E-state index contributed by atoms with van der Waals surface area (Å²) in [6.07, 6.45) is 16.6. The third-order valence-corrected chi connectivity index (χ3v) is 5.81. The van der Waals surface area contributed by atoms with Gasteiger partial charge >= 0.3 is 0 Å². The maximum atomic E-state index is 11.1. The van der Waals surface area contributed by atoms with Crippen molar-refractivity contribution < 1.29 is 10.0 Å². The minimum atomic E-state index is -0.485. The van der Waals surface area contributed by atoms with Gasteiger partial charge in [0.15, 0.2) is 0 Å². The van der Waals surface area contributed by atoms with Gasteiger partial charge in [-0.25, -0.2) is 5.48 Å². The van der Waals surface area contributed by atoms with Gasteiger partial charge in [0, 0.05) is 42.8 Å². The number of nitrogens with zero attached hydrogens (tertiary/aromatic N) is 1. The first-order chi connectivity index (χ1) is 14.2. The largest absolute Gasteiger partial charge is 0.361 e. The van der Waals surface area contributed by atoms with Crippen LogP contribution in [0.1, 0.15) is 24.8 Å². The van der Waals surface area contributed by atoms with Crippen molar-refractivity contribution in [1.29, 1.82) is 0 Å². The van der Waals surface area contributed by atoms with E-state index in [-0.39, 0.29) is 5.92 Å². The van der Waals surface area contributed by atoms with Crippen LogP contribution in [0.3, 0.4) is 0 Å². The van der Waals surface area contributed by atoms with E-state index < -0.39 is 5.91 Å². The molecule has 5 heteroatoms. The zero-order chi connectivity index (χ0) is 20.1. The van der Waals surface area contributed by atoms with Crippen molar-refractivity contribution in [3.05, 3.63) is 72.0 Å². The number of carbonyl (C=O) groups excluding carboxylic acids is 1. The Kier molecular flexibility index (Phi) is 6.27. The zero-order valence-corrected chi connectivity index (χ0v) is 16.7. The molecule has 2 aliphatic rings. The average Bonchev–Trinajstić information content (AvgIpc) is 3.48. The second kappa shape index (κ2) is 9.25. The third kappa shape index (κ3) is 5.46. The van der Waals surface area contributed by atoms with E-state index in [1.807, 2.05) is 6.08 Å². The molecule has 1 saturated carbocycles. The monoisotopic (exact) mass is 391 g/mol. The molecular weight excluding hydrogens is 362 g/mol. The quantitative estimate of drug-likeness (QED) is 0.344. The molecule has 0 bridgehead atoms. The molecule has 4 rings (SSSR count). The number of aromatic nitrogens is 1. The molecule has 0 aliphatic heterocycles. The average molecular weight is 392 g/mol. The second-order valence-electron chi connectivity index (χ2n) is 8.16. The fraction of sp³-hybridized carbons (Fsp3) is 0.375. The molecule has 1 aromatic carbocycles. The molecular formula is C24H29N3O2. The smallest absolute Gasteiger partial charge is 0.267 e. The number of benzene rings is 1. The summed E-state index contributed by atoms with van der Waals surface area (Å²) in [6.45, 7) is 3.21. The predicted octanol–water partition coefficient (Wildman–Crippen LogP) is 3.99. The maximum Gasteiger partial charge on any atom is 0.267 e. The molecule has 1 atom stereocenters. The van der Waals surface area contributed by atoms with Crippen LogP contribution in [-0.4, -0.2) is 40.6 Å². The van der Waals surface area contributed by atoms with Gasteiger partial charge in [0.05, 0.1) is 0 Å². The molecule has 2 aliphatic carbocycles. The molecule has 0 spiro atoms. The van der Waals surface area contributed by atoms with Crippen LogP contribution in [0.25, 0.3) is 10.9 Å². The molecule has 1 unspecified atom stereocenters. The number of hydrogen-bond donors (Lipinski definition) is 3. The van der Waals surface area contributed by atoms with Crippen LogP contribution in [0.15, 0.2) is 66.4 Å². The second-order valence-corrected chi connectivity index (χ2v) is 8.16. The molecule has 1 amide bonds. The molecule has 1 aromatic heterocycles. The molecule has 2 aromatic rings. The van der Waals surface area contributed by atoms with E-state index in [1.54, 1.807) is 5.48 Å². The van der Waals surface area contributed by atoms with Crippen LogP contribution in [0.5, 0.6) is 0 Å². The Morgan fingerprint density at radius 1 is 1.31 bits per heavy atom. The summed E-state index contributed by atoms with van der Waals surface area (Å²) in [5, 5.41) is 9.90. The number of hydrogen-bond acceptors (Lipinski definition) is 3. The van der Waals surface area contributed by atoms with Gasteiger partial charge in [-0.3, -0.25) is 14.9 Å². The molecule has 152 valence electrons. The van der Waals surface area contributed by atoms with Crippen LogP contribution < -0.4 is 5.48 Å². The van der Waals surface area contributed by atoms with Crippen molar-refractivity contribution in [3.63, 3.8) is 0 Å². The summed E-state index contributed by atoms with van der Waals surface area (Å²) >= 11 is 0. The lowest BCUT2D eigenvalue weighted by molar-refractivity contribution is -0.124. The normalized spacial score (nSPS) is 19.2. The Bertz CT molecular complexity index is 937. The van der Waals surface area contributed by atoms with Crippen LogP contribution >= 0.6 is 0 Å². The number of para-hydroxylation sites is 1. The third-order valence-electron chi connectivity index (χ3n) is 5.81. The lowest BCUT2D eigenvalue weighted by atomic mass is 9.96. The lowest BCUT2D eigenvalue weighted by Gasteiger charge is -2.24. The van der Waals surface area contributed by atoms with Crippen molar-refractivity contribution in [2.24, 2.45) is 11.8 Å². The number of aromatic amines is 1. The first kappa shape index (κ1) is 19.7. The first-order valence-electron chi connectivity index (χ1n) is 10.5. The molecule has 3 N–H and O–H groups in total. The first-order valence-corrected chi connectivity index (χ1v) is 10.5. The number of nitrogens with one attached hydrogen (secondary N) is 2. The van der Waals surface area contributed by atoms with E-state index in [2.05, 4.69) is 58.6 Å². The Balaban J connectivity index is 1.34. The highest BCUT2D eigenvalue weighted by Crippen LogP contribution is 2.30. The lowest BCUT2D eigenvalue weighted by Crippen LogP contribution is -2.30. The van der Waals surface area contributed by atoms with Gasteiger partial charge in [0.25, 0.3) is 5.91 Å². The number of H-pyrrole nitrogens is 1. The van der Waals surface area contributed by atoms with Gasteiger partial charge in [0.1, 0.15) is 0 Å². The van der Waals surface area contributed by atoms with E-state index in [4.69, 9.17) is 5.21 Å². The Hall–Kier alpha value is -2.63. The predicted molar refractivity (Wildman–Crippen MR) is 116 cm³/mol. The van der Waals surface area contributed by atoms with Crippen LogP contribution in [0.4, 0.5) is 0 Å². The summed E-state index contributed by atoms with van der Waals surface area (Å²) in [7, 11) is 0. The number of amides is 1. The minimum absolute atomic E-state index is 0.208. The van der Waals surface area contributed by atoms with Crippen LogP contribution in [0.2, 0.25) is 0 Å². The Labute approximate surface area is 171 Å². The van der Waals surface area contributed by atoms with Crippen molar-refractivity contribution >= 4 is 16.8 Å². The topological polar surface area (TPSA) is 68.4 Å². The number of allylic oxidation sites excluding steroid dienone is 3. The molecule has 1 fully saturated rings. The van der Waals surface area contributed by atoms with Gasteiger partial charge in [-0.1, -0.05) is 42.5 Å². The van der Waals surface area contributed by atoms with Crippen molar-refractivity contribution in [1.82, 2.24) is 15.4 Å². The number of fused-ring (bicyclic) bond motifs is 1. The fourth-order valence-electron chi connectivity index (χ4n) is 3.97. The van der Waals surface area contributed by atoms with Gasteiger partial charge in [0.2, 0.25) is 0 Å². The molecule has 29 heavy (non-hydrogen) atoms. The zero-order valence-electron chi connectivity index (χ0n) is 16.7. The van der Waals surface area contributed by atoms with Crippen molar-refractivity contribution in [3.8, 4) is 0 Å². The maximum absolute atomic E-state index is 11.1. The fourth-order valence-corrected chi connectivity index (χ4v) is 3.97. The molecule has 5 nitrogen and oxygen atoms in total. The standard InChI is InChI=1S/C24H29N3O2/c28-24(26-29)12-11-18-5-7-19(8-6-18)16-27(17-20-9-10-20)14-13-21-15-25-23-4-2-1-3-22(21)23/h1-5,7-8,11-12,15,18,20,25,29H,6,9-10,13-14,16-17H2,(H,26,28)/b12-11+. The molecule has 0 saturated heterocycles. The minimum Gasteiger partial charge on any atom is -0.361 e. The van der Waals surface area contributed by atoms with E-state index in [1.165, 1.54) is 47.5 Å². The summed E-state index contributed by atoms with van der Waals surface area (Å²) in [5.74, 6) is 0.582. The van der Waals surface area contributed by atoms with Gasteiger partial charge in [-0.2, -0.15) is 0 Å². The Morgan fingerprint density at radius 2 is 2.17 bits per heavy atom. The van der Waals surface area contributed by atoms with E-state index in [0.29, 0.717) is 0 Å². The van der Waals surface area contributed by atoms with Crippen LogP contribution in [0, 0.1) is 11.8 Å². The highest BCUT2D eigenvalue weighted by molar-refractivity contribution is 5.86. The van der Waals surface area contributed by atoms with E-state index in [9.17, 15) is 4.79 Å². The summed E-state index contributed by atoms with van der Waals surface area (Å²) in [4.78, 5) is 17.1. The number of rotatable bonds is 9. The summed E-state index contributed by atoms with van der Waals surface area (Å²) in [5.41, 5.74) is 5.58. The van der Waals surface area contributed by atoms with E-state index >= 15 is 0 Å². The highest BCUT2D eigenvalue weighted by atomic mass is 16.5. The van der Waals surface area contributed by atoms with Crippen molar-refractivity contribution in [2.75, 3.05) is 19.6 Å². The van der Waals surface area contributed by atoms with Gasteiger partial charge < -0.3 is 4.98 Å².